The molecule has 3 rings (SSSR count). The molecule has 1 heterocycles. The summed E-state index contributed by atoms with van der Waals surface area (Å²) in [5, 5.41) is 0.480. The molecule has 0 unspecified atom stereocenters. The van der Waals surface area contributed by atoms with Crippen molar-refractivity contribution in [3.63, 3.8) is 0 Å². The van der Waals surface area contributed by atoms with Crippen molar-refractivity contribution in [2.75, 3.05) is 7.05 Å². The van der Waals surface area contributed by atoms with Crippen molar-refractivity contribution in [2.45, 2.75) is 6.54 Å². The van der Waals surface area contributed by atoms with Crippen molar-refractivity contribution < 1.29 is 9.18 Å². The summed E-state index contributed by atoms with van der Waals surface area (Å²) in [6.45, 7) is 0.0604. The Labute approximate surface area is 145 Å². The van der Waals surface area contributed by atoms with Crippen LogP contribution in [0.2, 0.25) is 0 Å². The summed E-state index contributed by atoms with van der Waals surface area (Å²) in [4.78, 5) is 32.8. The maximum atomic E-state index is 13.8. The third-order valence-corrected chi connectivity index (χ3v) is 4.05. The first kappa shape index (κ1) is 16.3. The Balaban J connectivity index is 1.89. The first-order valence-corrected chi connectivity index (χ1v) is 7.93. The molecule has 0 saturated carbocycles. The lowest BCUT2D eigenvalue weighted by molar-refractivity contribution is 0.0777. The highest BCUT2D eigenvalue weighted by Gasteiger charge is 2.18. The number of nitrogens with one attached hydrogen (secondary N) is 1. The Kier molecular flexibility index (Phi) is 4.44. The van der Waals surface area contributed by atoms with E-state index in [1.807, 2.05) is 0 Å². The Morgan fingerprint density at radius 2 is 2.04 bits per heavy atom. The molecule has 0 aliphatic rings. The van der Waals surface area contributed by atoms with E-state index >= 15 is 0 Å². The third kappa shape index (κ3) is 3.21. The number of halogens is 2. The van der Waals surface area contributed by atoms with E-state index in [9.17, 15) is 14.0 Å². The molecule has 1 aromatic heterocycles. The molecule has 5 nitrogen and oxygen atoms in total. The van der Waals surface area contributed by atoms with Crippen LogP contribution in [0.15, 0.2) is 51.7 Å². The lowest BCUT2D eigenvalue weighted by Gasteiger charge is -2.17. The third-order valence-electron chi connectivity index (χ3n) is 3.55. The molecule has 7 heteroatoms. The maximum Gasteiger partial charge on any atom is 0.258 e. The number of rotatable bonds is 3. The molecule has 0 atom stereocenters. The van der Waals surface area contributed by atoms with Gasteiger partial charge in [-0.1, -0.05) is 28.1 Å². The number of benzene rings is 2. The van der Waals surface area contributed by atoms with Crippen LogP contribution < -0.4 is 5.56 Å². The number of H-pyrrole nitrogens is 1. The van der Waals surface area contributed by atoms with E-state index in [1.54, 1.807) is 24.3 Å². The molecule has 3 aromatic rings. The van der Waals surface area contributed by atoms with Crippen LogP contribution in [0.5, 0.6) is 0 Å². The summed E-state index contributed by atoms with van der Waals surface area (Å²) < 4.78 is 14.5. The summed E-state index contributed by atoms with van der Waals surface area (Å²) in [6, 6.07) is 11.1. The zero-order chi connectivity index (χ0) is 17.3. The van der Waals surface area contributed by atoms with Crippen LogP contribution in [0.1, 0.15) is 16.2 Å². The minimum absolute atomic E-state index is 0.0463. The number of hydrogen-bond donors (Lipinski definition) is 1. The van der Waals surface area contributed by atoms with Gasteiger partial charge in [-0.15, -0.1) is 0 Å². The second-order valence-electron chi connectivity index (χ2n) is 5.32. The number of nitrogens with zero attached hydrogens (tertiary/aromatic N) is 2. The molecule has 24 heavy (non-hydrogen) atoms. The quantitative estimate of drug-likeness (QED) is 0.748. The van der Waals surface area contributed by atoms with Crippen LogP contribution in [0.3, 0.4) is 0 Å². The standard InChI is InChI=1S/C17H13BrFN3O2/c1-22(17(24)12-8-10(18)6-7-13(12)19)9-15-20-14-5-3-2-4-11(14)16(23)21-15/h2-8H,9H2,1H3,(H,20,21,23). The molecule has 0 radical (unpaired) electrons. The zero-order valence-electron chi connectivity index (χ0n) is 12.7. The van der Waals surface area contributed by atoms with Crippen molar-refractivity contribution in [3.05, 3.63) is 74.5 Å². The lowest BCUT2D eigenvalue weighted by Crippen LogP contribution is -2.29. The van der Waals surface area contributed by atoms with Gasteiger partial charge in [-0.2, -0.15) is 0 Å². The molecule has 1 amide bonds. The lowest BCUT2D eigenvalue weighted by atomic mass is 10.2. The van der Waals surface area contributed by atoms with Gasteiger partial charge in [-0.25, -0.2) is 9.37 Å². The van der Waals surface area contributed by atoms with Gasteiger partial charge in [-0.3, -0.25) is 9.59 Å². The molecule has 0 aliphatic heterocycles. The molecule has 0 spiro atoms. The average Bonchev–Trinajstić information content (AvgIpc) is 2.56. The van der Waals surface area contributed by atoms with E-state index in [1.165, 1.54) is 30.1 Å². The topological polar surface area (TPSA) is 66.1 Å². The molecular formula is C17H13BrFN3O2. The summed E-state index contributed by atoms with van der Waals surface area (Å²) >= 11 is 3.22. The summed E-state index contributed by atoms with van der Waals surface area (Å²) in [5.41, 5.74) is 0.228. The van der Waals surface area contributed by atoms with Crippen LogP contribution in [0.25, 0.3) is 10.9 Å². The molecule has 0 fully saturated rings. The summed E-state index contributed by atoms with van der Waals surface area (Å²) in [5.74, 6) is -0.760. The Bertz CT molecular complexity index is 987. The van der Waals surface area contributed by atoms with Crippen molar-refractivity contribution in [1.29, 1.82) is 0 Å². The summed E-state index contributed by atoms with van der Waals surface area (Å²) in [7, 11) is 1.53. The van der Waals surface area contributed by atoms with E-state index in [0.29, 0.717) is 21.2 Å². The summed E-state index contributed by atoms with van der Waals surface area (Å²) in [6.07, 6.45) is 0. The van der Waals surface area contributed by atoms with E-state index in [-0.39, 0.29) is 17.7 Å². The fourth-order valence-electron chi connectivity index (χ4n) is 2.37. The van der Waals surface area contributed by atoms with Gasteiger partial charge in [0, 0.05) is 11.5 Å². The van der Waals surface area contributed by atoms with Gasteiger partial charge < -0.3 is 9.88 Å². The molecule has 2 aromatic carbocycles. The molecule has 0 bridgehead atoms. The first-order valence-electron chi connectivity index (χ1n) is 7.14. The number of para-hydroxylation sites is 1. The predicted octanol–water partition coefficient (Wildman–Crippen LogP) is 3.10. The predicted molar refractivity (Wildman–Crippen MR) is 92.3 cm³/mol. The number of fused-ring (bicyclic) bond motifs is 1. The van der Waals surface area contributed by atoms with E-state index in [4.69, 9.17) is 0 Å². The Morgan fingerprint density at radius 1 is 1.29 bits per heavy atom. The van der Waals surface area contributed by atoms with E-state index in [2.05, 4.69) is 25.9 Å². The number of carbonyl (C=O) groups is 1. The normalized spacial score (nSPS) is 10.8. The van der Waals surface area contributed by atoms with Gasteiger partial charge in [0.15, 0.2) is 0 Å². The van der Waals surface area contributed by atoms with Crippen molar-refractivity contribution in [1.82, 2.24) is 14.9 Å². The first-order chi connectivity index (χ1) is 11.5. The smallest absolute Gasteiger partial charge is 0.258 e. The molecular weight excluding hydrogens is 377 g/mol. The minimum Gasteiger partial charge on any atom is -0.334 e. The number of aromatic amines is 1. The van der Waals surface area contributed by atoms with Gasteiger partial charge in [0.25, 0.3) is 11.5 Å². The van der Waals surface area contributed by atoms with Crippen molar-refractivity contribution >= 4 is 32.7 Å². The highest BCUT2D eigenvalue weighted by atomic mass is 79.9. The minimum atomic E-state index is -0.602. The van der Waals surface area contributed by atoms with Gasteiger partial charge in [-0.05, 0) is 30.3 Å². The molecule has 0 aliphatic carbocycles. The Hall–Kier alpha value is -2.54. The highest BCUT2D eigenvalue weighted by Crippen LogP contribution is 2.17. The van der Waals surface area contributed by atoms with E-state index in [0.717, 1.165) is 0 Å². The van der Waals surface area contributed by atoms with Crippen molar-refractivity contribution in [3.8, 4) is 0 Å². The van der Waals surface area contributed by atoms with Gasteiger partial charge in [0.1, 0.15) is 11.6 Å². The van der Waals surface area contributed by atoms with Crippen LogP contribution in [-0.4, -0.2) is 27.8 Å². The van der Waals surface area contributed by atoms with Gasteiger partial charge >= 0.3 is 0 Å². The van der Waals surface area contributed by atoms with Crippen LogP contribution in [0, 0.1) is 5.82 Å². The maximum absolute atomic E-state index is 13.8. The second-order valence-corrected chi connectivity index (χ2v) is 6.23. The van der Waals surface area contributed by atoms with Crippen LogP contribution in [-0.2, 0) is 6.54 Å². The average molecular weight is 390 g/mol. The monoisotopic (exact) mass is 389 g/mol. The fourth-order valence-corrected chi connectivity index (χ4v) is 2.73. The van der Waals surface area contributed by atoms with E-state index < -0.39 is 11.7 Å². The fraction of sp³-hybridized carbons (Fsp3) is 0.118. The SMILES string of the molecule is CN(Cc1nc2ccccc2c(=O)[nH]1)C(=O)c1cc(Br)ccc1F. The number of aromatic nitrogens is 2. The van der Waals surface area contributed by atoms with Crippen LogP contribution >= 0.6 is 15.9 Å². The van der Waals surface area contributed by atoms with Crippen molar-refractivity contribution in [2.24, 2.45) is 0 Å². The largest absolute Gasteiger partial charge is 0.334 e. The molecule has 122 valence electrons. The Morgan fingerprint density at radius 3 is 2.83 bits per heavy atom. The van der Waals surface area contributed by atoms with Gasteiger partial charge in [0.05, 0.1) is 23.0 Å². The number of carbonyl (C=O) groups excluding carboxylic acids is 1. The second kappa shape index (κ2) is 6.52. The van der Waals surface area contributed by atoms with Crippen LogP contribution in [0.4, 0.5) is 4.39 Å². The number of hydrogen-bond acceptors (Lipinski definition) is 3. The van der Waals surface area contributed by atoms with Gasteiger partial charge in [0.2, 0.25) is 0 Å². The molecule has 0 saturated heterocycles. The number of amides is 1. The zero-order valence-corrected chi connectivity index (χ0v) is 14.3. The molecule has 1 N–H and O–H groups in total. The highest BCUT2D eigenvalue weighted by molar-refractivity contribution is 9.10.